The van der Waals surface area contributed by atoms with Crippen LogP contribution in [-0.2, 0) is 0 Å². The van der Waals surface area contributed by atoms with Crippen molar-refractivity contribution in [3.63, 3.8) is 0 Å². The lowest BCUT2D eigenvalue weighted by molar-refractivity contribution is -0.0104. The maximum atomic E-state index is 14.3. The largest absolute Gasteiger partial charge is 0.480 e. The molecule has 1 aliphatic rings. The average molecular weight is 494 g/mol. The first-order valence-electron chi connectivity index (χ1n) is 11.5. The van der Waals surface area contributed by atoms with Gasteiger partial charge in [0.15, 0.2) is 17.2 Å². The number of aliphatic hydroxyl groups excluding tert-OH is 1. The molecule has 1 amide bonds. The molecule has 0 aliphatic carbocycles. The molecule has 3 heterocycles. The number of rotatable bonds is 6. The molecule has 2 aromatic heterocycles. The number of amides is 1. The molecule has 2 aromatic carbocycles. The van der Waals surface area contributed by atoms with Gasteiger partial charge in [-0.05, 0) is 62.2 Å². The first kappa shape index (κ1) is 23.7. The predicted molar refractivity (Wildman–Crippen MR) is 130 cm³/mol. The van der Waals surface area contributed by atoms with Crippen molar-refractivity contribution in [1.29, 1.82) is 0 Å². The minimum Gasteiger partial charge on any atom is -0.480 e. The number of nitrogens with zero attached hydrogens (tertiary/aromatic N) is 4. The van der Waals surface area contributed by atoms with E-state index < -0.39 is 29.7 Å². The van der Waals surface area contributed by atoms with Crippen LogP contribution in [0.15, 0.2) is 54.7 Å². The minimum atomic E-state index is -1.17. The highest BCUT2D eigenvalue weighted by Crippen LogP contribution is 2.33. The van der Waals surface area contributed by atoms with E-state index in [0.717, 1.165) is 35.0 Å². The zero-order valence-electron chi connectivity index (χ0n) is 19.6. The third kappa shape index (κ3) is 4.35. The maximum absolute atomic E-state index is 14.3. The van der Waals surface area contributed by atoms with Crippen LogP contribution in [0, 0.1) is 18.6 Å². The summed E-state index contributed by atoms with van der Waals surface area (Å²) in [6.45, 7) is 2.23. The van der Waals surface area contributed by atoms with Gasteiger partial charge in [0.2, 0.25) is 5.91 Å². The molecule has 186 valence electrons. The van der Waals surface area contributed by atoms with Crippen LogP contribution in [0.1, 0.15) is 28.9 Å². The molecule has 1 aliphatic heterocycles. The highest BCUT2D eigenvalue weighted by molar-refractivity contribution is 6.01. The zero-order valence-corrected chi connectivity index (χ0v) is 19.6. The van der Waals surface area contributed by atoms with Gasteiger partial charge in [0, 0.05) is 41.0 Å². The number of aryl methyl sites for hydroxylation is 1. The summed E-state index contributed by atoms with van der Waals surface area (Å²) >= 11 is 0. The average Bonchev–Trinajstić information content (AvgIpc) is 3.25. The molecule has 0 spiro atoms. The van der Waals surface area contributed by atoms with Crippen LogP contribution in [0.4, 0.5) is 8.78 Å². The Morgan fingerprint density at radius 2 is 2.03 bits per heavy atom. The van der Waals surface area contributed by atoms with Crippen LogP contribution in [0.25, 0.3) is 22.2 Å². The van der Waals surface area contributed by atoms with Crippen LogP contribution in [-0.4, -0.2) is 51.2 Å². The molecule has 5 rings (SSSR count). The number of aromatic nitrogens is 3. The SMILES string of the molecule is Cc1cc(-c2nn(N3CCCC(CO)(Oc4cc(F)ccc4F)C3)c3ccc(C(N)=O)cc23)ccn1. The molecule has 8 nitrogen and oxygen atoms in total. The number of carbonyl (C=O) groups excluding carboxylic acids is 1. The molecule has 4 aromatic rings. The topological polar surface area (TPSA) is 107 Å². The number of fused-ring (bicyclic) bond motifs is 1. The van der Waals surface area contributed by atoms with Crippen LogP contribution in [0.5, 0.6) is 5.75 Å². The fourth-order valence-electron chi connectivity index (χ4n) is 4.65. The van der Waals surface area contributed by atoms with Gasteiger partial charge in [-0.15, -0.1) is 0 Å². The second kappa shape index (κ2) is 9.19. The van der Waals surface area contributed by atoms with E-state index in [-0.39, 0.29) is 12.3 Å². The number of aliphatic hydroxyl groups is 1. The van der Waals surface area contributed by atoms with Gasteiger partial charge in [-0.1, -0.05) is 0 Å². The van der Waals surface area contributed by atoms with Crippen LogP contribution in [0.3, 0.4) is 0 Å². The van der Waals surface area contributed by atoms with E-state index in [1.54, 1.807) is 29.2 Å². The molecule has 0 radical (unpaired) electrons. The number of ether oxygens (including phenoxy) is 1. The Hall–Kier alpha value is -4.05. The fraction of sp³-hybridized carbons (Fsp3) is 0.269. The van der Waals surface area contributed by atoms with Gasteiger partial charge in [-0.2, -0.15) is 9.89 Å². The summed E-state index contributed by atoms with van der Waals surface area (Å²) in [5.74, 6) is -2.15. The van der Waals surface area contributed by atoms with Crippen molar-refractivity contribution in [2.45, 2.75) is 25.4 Å². The van der Waals surface area contributed by atoms with E-state index in [2.05, 4.69) is 4.98 Å². The van der Waals surface area contributed by atoms with Gasteiger partial charge in [0.1, 0.15) is 11.5 Å². The molecule has 1 saturated heterocycles. The first-order chi connectivity index (χ1) is 17.3. The van der Waals surface area contributed by atoms with Gasteiger partial charge in [-0.25, -0.2) is 8.78 Å². The monoisotopic (exact) mass is 493 g/mol. The van der Waals surface area contributed by atoms with E-state index in [1.807, 2.05) is 24.1 Å². The van der Waals surface area contributed by atoms with E-state index in [1.165, 1.54) is 0 Å². The van der Waals surface area contributed by atoms with E-state index in [4.69, 9.17) is 15.6 Å². The van der Waals surface area contributed by atoms with Gasteiger partial charge < -0.3 is 15.6 Å². The number of carbonyl (C=O) groups is 1. The van der Waals surface area contributed by atoms with Crippen LogP contribution >= 0.6 is 0 Å². The summed E-state index contributed by atoms with van der Waals surface area (Å²) in [6.07, 6.45) is 2.74. The van der Waals surface area contributed by atoms with E-state index in [9.17, 15) is 18.7 Å². The molecular weight excluding hydrogens is 468 g/mol. The number of hydrogen-bond donors (Lipinski definition) is 2. The lowest BCUT2D eigenvalue weighted by Crippen LogP contribution is -2.58. The summed E-state index contributed by atoms with van der Waals surface area (Å²) < 4.78 is 34.0. The summed E-state index contributed by atoms with van der Waals surface area (Å²) in [5, 5.41) is 17.8. The second-order valence-corrected chi connectivity index (χ2v) is 9.03. The van der Waals surface area contributed by atoms with Crippen LogP contribution in [0.2, 0.25) is 0 Å². The number of benzene rings is 2. The number of halogens is 2. The molecule has 1 atom stereocenters. The van der Waals surface area contributed by atoms with Gasteiger partial charge in [0.25, 0.3) is 0 Å². The Bertz CT molecular complexity index is 1460. The lowest BCUT2D eigenvalue weighted by Gasteiger charge is -2.42. The van der Waals surface area contributed by atoms with Gasteiger partial charge in [-0.3, -0.25) is 14.8 Å². The minimum absolute atomic E-state index is 0.169. The molecule has 1 unspecified atom stereocenters. The Labute approximate surface area is 205 Å². The van der Waals surface area contributed by atoms with Gasteiger partial charge in [0.05, 0.1) is 18.7 Å². The summed E-state index contributed by atoms with van der Waals surface area (Å²) in [5.41, 5.74) is 7.68. The Balaban J connectivity index is 1.58. The Morgan fingerprint density at radius 3 is 2.78 bits per heavy atom. The van der Waals surface area contributed by atoms with Gasteiger partial charge >= 0.3 is 0 Å². The van der Waals surface area contributed by atoms with Crippen molar-refractivity contribution in [3.8, 4) is 17.0 Å². The molecule has 0 bridgehead atoms. The van der Waals surface area contributed by atoms with Crippen molar-refractivity contribution in [1.82, 2.24) is 14.9 Å². The highest BCUT2D eigenvalue weighted by Gasteiger charge is 2.39. The Morgan fingerprint density at radius 1 is 1.19 bits per heavy atom. The standard InChI is InChI=1S/C26H25F2N5O3/c1-16-11-17(7-9-30-16)24-20-12-18(25(29)35)3-6-22(20)33(31-24)32-10-2-8-26(14-32,15-34)36-23-13-19(27)4-5-21(23)28/h3-7,9,11-13,34H,2,8,10,14-15H2,1H3,(H2,29,35). The van der Waals surface area contributed by atoms with E-state index in [0.29, 0.717) is 36.0 Å². The summed E-state index contributed by atoms with van der Waals surface area (Å²) in [4.78, 5) is 17.8. The quantitative estimate of drug-likeness (QED) is 0.427. The first-order valence-corrected chi connectivity index (χ1v) is 11.5. The number of pyridine rings is 1. The lowest BCUT2D eigenvalue weighted by atomic mass is 9.94. The van der Waals surface area contributed by atoms with Crippen LogP contribution < -0.4 is 15.5 Å². The van der Waals surface area contributed by atoms with Crippen molar-refractivity contribution in [2.24, 2.45) is 5.73 Å². The van der Waals surface area contributed by atoms with Crippen molar-refractivity contribution < 1.29 is 23.4 Å². The van der Waals surface area contributed by atoms with E-state index >= 15 is 0 Å². The molecule has 3 N–H and O–H groups in total. The predicted octanol–water partition coefficient (Wildman–Crippen LogP) is 3.33. The number of nitrogens with two attached hydrogens (primary N) is 1. The number of piperidine rings is 1. The van der Waals surface area contributed by atoms with Crippen molar-refractivity contribution in [3.05, 3.63) is 77.6 Å². The highest BCUT2D eigenvalue weighted by atomic mass is 19.1. The summed E-state index contributed by atoms with van der Waals surface area (Å²) in [7, 11) is 0. The maximum Gasteiger partial charge on any atom is 0.248 e. The molecule has 0 saturated carbocycles. The summed E-state index contributed by atoms with van der Waals surface area (Å²) in [6, 6.07) is 11.8. The van der Waals surface area contributed by atoms with Crippen molar-refractivity contribution >= 4 is 16.8 Å². The number of primary amides is 1. The zero-order chi connectivity index (χ0) is 25.4. The molecule has 36 heavy (non-hydrogen) atoms. The molecular formula is C26H25F2N5O3. The smallest absolute Gasteiger partial charge is 0.248 e. The third-order valence-electron chi connectivity index (χ3n) is 6.41. The third-order valence-corrected chi connectivity index (χ3v) is 6.41. The Kier molecular flexibility index (Phi) is 6.05. The normalized spacial score (nSPS) is 17.9. The second-order valence-electron chi connectivity index (χ2n) is 9.03. The van der Waals surface area contributed by atoms with Crippen molar-refractivity contribution in [2.75, 3.05) is 24.7 Å². The molecule has 10 heteroatoms. The molecule has 1 fully saturated rings. The number of hydrogen-bond acceptors (Lipinski definition) is 6. The fourth-order valence-corrected chi connectivity index (χ4v) is 4.65.